The van der Waals surface area contributed by atoms with Gasteiger partial charge in [-0.1, -0.05) is 48.0 Å². The summed E-state index contributed by atoms with van der Waals surface area (Å²) in [5, 5.41) is 2.97. The zero-order valence-corrected chi connectivity index (χ0v) is 14.0. The lowest BCUT2D eigenvalue weighted by atomic mass is 9.98. The van der Waals surface area contributed by atoms with Gasteiger partial charge in [-0.25, -0.2) is 4.98 Å². The molecule has 0 saturated carbocycles. The molecule has 0 bridgehead atoms. The van der Waals surface area contributed by atoms with E-state index in [4.69, 9.17) is 4.98 Å². The fourth-order valence-electron chi connectivity index (χ4n) is 2.83. The molecule has 4 aromatic rings. The number of benzene rings is 2. The first-order valence-electron chi connectivity index (χ1n) is 7.77. The zero-order chi connectivity index (χ0) is 16.5. The number of rotatable bonds is 3. The Balaban J connectivity index is 1.99. The number of fused-ring (bicyclic) bond motifs is 1. The van der Waals surface area contributed by atoms with Gasteiger partial charge in [-0.3, -0.25) is 4.79 Å². The minimum atomic E-state index is -0.0219. The monoisotopic (exact) mass is 329 g/mol. The standard InChI is InChI=1S/C21H15NOS/c1-14-9-10-18-16(12-14)13-17(15-6-3-2-4-7-15)20(22-18)21(23)19-8-5-11-24-19/h2-13H,1H3. The highest BCUT2D eigenvalue weighted by atomic mass is 32.1. The molecule has 4 rings (SSSR count). The molecule has 0 aliphatic heterocycles. The number of ketones is 1. The topological polar surface area (TPSA) is 30.0 Å². The first-order valence-corrected chi connectivity index (χ1v) is 8.65. The number of pyridine rings is 1. The van der Waals surface area contributed by atoms with Crippen LogP contribution in [0.3, 0.4) is 0 Å². The average Bonchev–Trinajstić information content (AvgIpc) is 3.15. The predicted molar refractivity (Wildman–Crippen MR) is 99.7 cm³/mol. The summed E-state index contributed by atoms with van der Waals surface area (Å²) in [7, 11) is 0. The number of carbonyl (C=O) groups is 1. The van der Waals surface area contributed by atoms with Crippen LogP contribution in [-0.4, -0.2) is 10.8 Å². The molecule has 0 spiro atoms. The molecule has 0 amide bonds. The van der Waals surface area contributed by atoms with Crippen LogP contribution < -0.4 is 0 Å². The van der Waals surface area contributed by atoms with Crippen LogP contribution >= 0.6 is 11.3 Å². The van der Waals surface area contributed by atoms with E-state index in [2.05, 4.69) is 19.1 Å². The van der Waals surface area contributed by atoms with E-state index >= 15 is 0 Å². The lowest BCUT2D eigenvalue weighted by Gasteiger charge is -2.10. The maximum atomic E-state index is 13.0. The summed E-state index contributed by atoms with van der Waals surface area (Å²) in [5.74, 6) is -0.0219. The molecule has 0 saturated heterocycles. The second-order valence-corrected chi connectivity index (χ2v) is 6.70. The third-order valence-electron chi connectivity index (χ3n) is 4.02. The molecule has 24 heavy (non-hydrogen) atoms. The molecule has 0 N–H and O–H groups in total. The van der Waals surface area contributed by atoms with Crippen LogP contribution in [0.5, 0.6) is 0 Å². The van der Waals surface area contributed by atoms with Crippen LogP contribution in [0.2, 0.25) is 0 Å². The van der Waals surface area contributed by atoms with Crippen molar-refractivity contribution >= 4 is 28.0 Å². The van der Waals surface area contributed by atoms with Crippen LogP contribution in [0, 0.1) is 6.92 Å². The number of aromatic nitrogens is 1. The normalized spacial score (nSPS) is 10.9. The molecule has 0 aliphatic carbocycles. The Morgan fingerprint density at radius 3 is 2.54 bits per heavy atom. The Bertz CT molecular complexity index is 1020. The van der Waals surface area contributed by atoms with Gasteiger partial charge in [0.2, 0.25) is 5.78 Å². The van der Waals surface area contributed by atoms with Gasteiger partial charge in [0.25, 0.3) is 0 Å². The minimum absolute atomic E-state index is 0.0219. The summed E-state index contributed by atoms with van der Waals surface area (Å²) in [6.07, 6.45) is 0. The van der Waals surface area contributed by atoms with Gasteiger partial charge in [0, 0.05) is 10.9 Å². The van der Waals surface area contributed by atoms with Gasteiger partial charge in [-0.2, -0.15) is 0 Å². The Kier molecular flexibility index (Phi) is 3.71. The number of aryl methyl sites for hydroxylation is 1. The summed E-state index contributed by atoms with van der Waals surface area (Å²) in [6.45, 7) is 2.06. The summed E-state index contributed by atoms with van der Waals surface area (Å²) in [6, 6.07) is 21.9. The van der Waals surface area contributed by atoms with Crippen molar-refractivity contribution in [2.24, 2.45) is 0 Å². The van der Waals surface area contributed by atoms with Crippen molar-refractivity contribution < 1.29 is 4.79 Å². The van der Waals surface area contributed by atoms with Gasteiger partial charge < -0.3 is 0 Å². The molecule has 2 aromatic heterocycles. The number of nitrogens with zero attached hydrogens (tertiary/aromatic N) is 1. The quantitative estimate of drug-likeness (QED) is 0.464. The van der Waals surface area contributed by atoms with Gasteiger partial charge >= 0.3 is 0 Å². The molecule has 0 aliphatic rings. The highest BCUT2D eigenvalue weighted by Gasteiger charge is 2.18. The summed E-state index contributed by atoms with van der Waals surface area (Å²) in [5.41, 5.74) is 4.43. The Morgan fingerprint density at radius 1 is 0.958 bits per heavy atom. The third kappa shape index (κ3) is 2.63. The van der Waals surface area contributed by atoms with Crippen molar-refractivity contribution in [3.05, 3.63) is 88.2 Å². The summed E-state index contributed by atoms with van der Waals surface area (Å²) in [4.78, 5) is 18.4. The molecular formula is C21H15NOS. The lowest BCUT2D eigenvalue weighted by Crippen LogP contribution is -2.05. The molecule has 0 unspecified atom stereocenters. The van der Waals surface area contributed by atoms with Crippen LogP contribution in [0.1, 0.15) is 20.9 Å². The third-order valence-corrected chi connectivity index (χ3v) is 4.88. The lowest BCUT2D eigenvalue weighted by molar-refractivity contribution is 0.103. The Morgan fingerprint density at radius 2 is 1.79 bits per heavy atom. The van der Waals surface area contributed by atoms with E-state index in [0.29, 0.717) is 10.6 Å². The van der Waals surface area contributed by atoms with Crippen molar-refractivity contribution in [2.45, 2.75) is 6.92 Å². The van der Waals surface area contributed by atoms with Gasteiger partial charge in [-0.15, -0.1) is 11.3 Å². The van der Waals surface area contributed by atoms with Gasteiger partial charge in [0.15, 0.2) is 0 Å². The summed E-state index contributed by atoms with van der Waals surface area (Å²) >= 11 is 1.45. The average molecular weight is 329 g/mol. The SMILES string of the molecule is Cc1ccc2nc(C(=O)c3cccs3)c(-c3ccccc3)cc2c1. The second-order valence-electron chi connectivity index (χ2n) is 5.75. The molecular weight excluding hydrogens is 314 g/mol. The molecule has 3 heteroatoms. The summed E-state index contributed by atoms with van der Waals surface area (Å²) < 4.78 is 0. The maximum Gasteiger partial charge on any atom is 0.221 e. The number of carbonyl (C=O) groups excluding carboxylic acids is 1. The smallest absolute Gasteiger partial charge is 0.221 e. The number of hydrogen-bond donors (Lipinski definition) is 0. The van der Waals surface area contributed by atoms with Crippen molar-refractivity contribution in [1.29, 1.82) is 0 Å². The molecule has 2 heterocycles. The molecule has 2 aromatic carbocycles. The second kappa shape index (κ2) is 6.02. The van der Waals surface area contributed by atoms with E-state index in [9.17, 15) is 4.79 Å². The van der Waals surface area contributed by atoms with Gasteiger partial charge in [0.1, 0.15) is 5.69 Å². The minimum Gasteiger partial charge on any atom is -0.286 e. The molecule has 2 nitrogen and oxygen atoms in total. The molecule has 0 fully saturated rings. The largest absolute Gasteiger partial charge is 0.286 e. The number of thiophene rings is 1. The van der Waals surface area contributed by atoms with Crippen molar-refractivity contribution in [1.82, 2.24) is 4.98 Å². The number of hydrogen-bond acceptors (Lipinski definition) is 3. The van der Waals surface area contributed by atoms with E-state index < -0.39 is 0 Å². The molecule has 116 valence electrons. The molecule has 0 radical (unpaired) electrons. The van der Waals surface area contributed by atoms with Crippen molar-refractivity contribution in [2.75, 3.05) is 0 Å². The van der Waals surface area contributed by atoms with E-state index in [1.54, 1.807) is 0 Å². The fraction of sp³-hybridized carbons (Fsp3) is 0.0476. The zero-order valence-electron chi connectivity index (χ0n) is 13.2. The van der Waals surface area contributed by atoms with E-state index in [-0.39, 0.29) is 5.78 Å². The van der Waals surface area contributed by atoms with Crippen LogP contribution in [0.4, 0.5) is 0 Å². The predicted octanol–water partition coefficient (Wildman–Crippen LogP) is 5.50. The van der Waals surface area contributed by atoms with Crippen LogP contribution in [0.15, 0.2) is 72.1 Å². The maximum absolute atomic E-state index is 13.0. The first-order chi connectivity index (χ1) is 11.7. The van der Waals surface area contributed by atoms with Crippen molar-refractivity contribution in [3.63, 3.8) is 0 Å². The van der Waals surface area contributed by atoms with Crippen LogP contribution in [-0.2, 0) is 0 Å². The van der Waals surface area contributed by atoms with Crippen molar-refractivity contribution in [3.8, 4) is 11.1 Å². The molecule has 0 atom stereocenters. The Hall–Kier alpha value is -2.78. The fourth-order valence-corrected chi connectivity index (χ4v) is 3.50. The van der Waals surface area contributed by atoms with E-state index in [1.165, 1.54) is 16.9 Å². The highest BCUT2D eigenvalue weighted by Crippen LogP contribution is 2.29. The first kappa shape index (κ1) is 14.8. The van der Waals surface area contributed by atoms with Gasteiger partial charge in [0.05, 0.1) is 10.4 Å². The Labute approximate surface area is 144 Å². The van der Waals surface area contributed by atoms with Crippen LogP contribution in [0.25, 0.3) is 22.0 Å². The van der Waals surface area contributed by atoms with E-state index in [0.717, 1.165) is 22.0 Å². The van der Waals surface area contributed by atoms with E-state index in [1.807, 2.05) is 60.0 Å². The highest BCUT2D eigenvalue weighted by molar-refractivity contribution is 7.12. The van der Waals surface area contributed by atoms with Gasteiger partial charge in [-0.05, 0) is 42.1 Å².